The number of nitrogens with two attached hydrogens (primary N) is 1. The number of aryl methyl sites for hydroxylation is 1. The lowest BCUT2D eigenvalue weighted by Crippen LogP contribution is -2.15. The summed E-state index contributed by atoms with van der Waals surface area (Å²) < 4.78 is 27.8. The topological polar surface area (TPSA) is 26.0 Å². The van der Waals surface area contributed by atoms with Crippen molar-refractivity contribution in [2.45, 2.75) is 19.4 Å². The quantitative estimate of drug-likeness (QED) is 0.889. The Morgan fingerprint density at radius 3 is 2.61 bits per heavy atom. The van der Waals surface area contributed by atoms with Gasteiger partial charge in [-0.3, -0.25) is 0 Å². The van der Waals surface area contributed by atoms with Crippen LogP contribution in [0.1, 0.15) is 22.0 Å². The smallest absolute Gasteiger partial charge is 0.130 e. The van der Waals surface area contributed by atoms with E-state index in [2.05, 4.69) is 15.9 Å². The first kappa shape index (κ1) is 13.6. The summed E-state index contributed by atoms with van der Waals surface area (Å²) in [6, 6.07) is 5.80. The molecule has 5 heteroatoms. The first-order valence-electron chi connectivity index (χ1n) is 5.42. The van der Waals surface area contributed by atoms with Crippen LogP contribution >= 0.6 is 27.3 Å². The van der Waals surface area contributed by atoms with Crippen molar-refractivity contribution in [2.24, 2.45) is 5.73 Å². The van der Waals surface area contributed by atoms with Crippen molar-refractivity contribution in [2.75, 3.05) is 0 Å². The minimum Gasteiger partial charge on any atom is -0.324 e. The fourth-order valence-corrected chi connectivity index (χ4v) is 3.29. The zero-order valence-corrected chi connectivity index (χ0v) is 12.1. The predicted octanol–water partition coefficient (Wildman–Crippen LogP) is 4.34. The molecule has 0 saturated heterocycles. The van der Waals surface area contributed by atoms with Gasteiger partial charge in [-0.05, 0) is 46.6 Å². The molecule has 2 N–H and O–H groups in total. The summed E-state index contributed by atoms with van der Waals surface area (Å²) >= 11 is 4.93. The van der Waals surface area contributed by atoms with Gasteiger partial charge < -0.3 is 5.73 Å². The standard InChI is InChI=1S/C13H12BrF2NS/c1-7-4-9(11(16)6-10(7)15)12(17)5-8-2-3-13(14)18-8/h2-4,6,12H,5,17H2,1H3. The Labute approximate surface area is 117 Å². The van der Waals surface area contributed by atoms with Gasteiger partial charge in [0.15, 0.2) is 0 Å². The SMILES string of the molecule is Cc1cc(C(N)Cc2ccc(Br)s2)c(F)cc1F. The molecule has 18 heavy (non-hydrogen) atoms. The number of halogens is 3. The van der Waals surface area contributed by atoms with Crippen molar-refractivity contribution in [1.82, 2.24) is 0 Å². The summed E-state index contributed by atoms with van der Waals surface area (Å²) in [5.74, 6) is -1.12. The zero-order chi connectivity index (χ0) is 13.3. The first-order chi connectivity index (χ1) is 8.47. The van der Waals surface area contributed by atoms with Gasteiger partial charge in [0.25, 0.3) is 0 Å². The Morgan fingerprint density at radius 1 is 1.28 bits per heavy atom. The van der Waals surface area contributed by atoms with Crippen LogP contribution in [-0.2, 0) is 6.42 Å². The van der Waals surface area contributed by atoms with E-state index in [4.69, 9.17) is 5.73 Å². The van der Waals surface area contributed by atoms with E-state index in [1.807, 2.05) is 12.1 Å². The average molecular weight is 332 g/mol. The second-order valence-electron chi connectivity index (χ2n) is 4.14. The van der Waals surface area contributed by atoms with Crippen molar-refractivity contribution in [3.8, 4) is 0 Å². The van der Waals surface area contributed by atoms with Crippen LogP contribution in [0.2, 0.25) is 0 Å². The average Bonchev–Trinajstić information content (AvgIpc) is 2.69. The highest BCUT2D eigenvalue weighted by molar-refractivity contribution is 9.11. The molecule has 0 aliphatic carbocycles. The van der Waals surface area contributed by atoms with E-state index in [1.54, 1.807) is 18.3 Å². The van der Waals surface area contributed by atoms with E-state index in [1.165, 1.54) is 6.07 Å². The predicted molar refractivity (Wildman–Crippen MR) is 73.7 cm³/mol. The van der Waals surface area contributed by atoms with Gasteiger partial charge >= 0.3 is 0 Å². The molecule has 2 rings (SSSR count). The molecule has 1 nitrogen and oxygen atoms in total. The Hall–Kier alpha value is -0.780. The molecule has 0 radical (unpaired) electrons. The number of hydrogen-bond acceptors (Lipinski definition) is 2. The second kappa shape index (κ2) is 5.47. The Kier molecular flexibility index (Phi) is 4.14. The number of hydrogen-bond donors (Lipinski definition) is 1. The highest BCUT2D eigenvalue weighted by atomic mass is 79.9. The molecule has 1 aromatic carbocycles. The van der Waals surface area contributed by atoms with Crippen LogP contribution in [0.25, 0.3) is 0 Å². The second-order valence-corrected chi connectivity index (χ2v) is 6.69. The number of benzene rings is 1. The van der Waals surface area contributed by atoms with Crippen molar-refractivity contribution in [3.63, 3.8) is 0 Å². The van der Waals surface area contributed by atoms with E-state index in [0.29, 0.717) is 17.5 Å². The van der Waals surface area contributed by atoms with E-state index < -0.39 is 17.7 Å². The monoisotopic (exact) mass is 331 g/mol. The fraction of sp³-hybridized carbons (Fsp3) is 0.231. The minimum absolute atomic E-state index is 0.360. The third-order valence-electron chi connectivity index (χ3n) is 2.73. The summed E-state index contributed by atoms with van der Waals surface area (Å²) in [6.07, 6.45) is 0.540. The summed E-state index contributed by atoms with van der Waals surface area (Å²) in [7, 11) is 0. The van der Waals surface area contributed by atoms with Crippen LogP contribution < -0.4 is 5.73 Å². The Bertz CT molecular complexity index is 568. The molecule has 1 aromatic heterocycles. The molecule has 1 unspecified atom stereocenters. The van der Waals surface area contributed by atoms with Gasteiger partial charge in [-0.2, -0.15) is 0 Å². The van der Waals surface area contributed by atoms with Crippen molar-refractivity contribution in [3.05, 3.63) is 55.7 Å². The van der Waals surface area contributed by atoms with Crippen LogP contribution in [0.5, 0.6) is 0 Å². The Morgan fingerprint density at radius 2 is 2.00 bits per heavy atom. The molecule has 0 aliphatic heterocycles. The van der Waals surface area contributed by atoms with Crippen LogP contribution in [0, 0.1) is 18.6 Å². The molecular formula is C13H12BrF2NS. The van der Waals surface area contributed by atoms with Crippen molar-refractivity contribution in [1.29, 1.82) is 0 Å². The van der Waals surface area contributed by atoms with Crippen molar-refractivity contribution < 1.29 is 8.78 Å². The molecule has 0 spiro atoms. The molecule has 0 aliphatic rings. The van der Waals surface area contributed by atoms with Crippen LogP contribution in [-0.4, -0.2) is 0 Å². The molecule has 96 valence electrons. The van der Waals surface area contributed by atoms with E-state index in [-0.39, 0.29) is 0 Å². The zero-order valence-electron chi connectivity index (χ0n) is 9.71. The van der Waals surface area contributed by atoms with Crippen LogP contribution in [0.15, 0.2) is 28.1 Å². The number of rotatable bonds is 3. The van der Waals surface area contributed by atoms with Gasteiger partial charge in [-0.1, -0.05) is 0 Å². The maximum Gasteiger partial charge on any atom is 0.130 e. The molecule has 1 atom stereocenters. The van der Waals surface area contributed by atoms with Gasteiger partial charge in [0.05, 0.1) is 3.79 Å². The van der Waals surface area contributed by atoms with Gasteiger partial charge in [-0.25, -0.2) is 8.78 Å². The van der Waals surface area contributed by atoms with Gasteiger partial charge in [0.2, 0.25) is 0 Å². The molecular weight excluding hydrogens is 320 g/mol. The fourth-order valence-electron chi connectivity index (χ4n) is 1.75. The largest absolute Gasteiger partial charge is 0.324 e. The van der Waals surface area contributed by atoms with E-state index in [9.17, 15) is 8.78 Å². The molecule has 0 fully saturated rings. The van der Waals surface area contributed by atoms with E-state index in [0.717, 1.165) is 14.7 Å². The maximum atomic E-state index is 13.7. The van der Waals surface area contributed by atoms with Gasteiger partial charge in [0, 0.05) is 29.0 Å². The molecule has 0 saturated carbocycles. The lowest BCUT2D eigenvalue weighted by Gasteiger charge is -2.13. The summed E-state index contributed by atoms with van der Waals surface area (Å²) in [5, 5.41) is 0. The van der Waals surface area contributed by atoms with Crippen LogP contribution in [0.4, 0.5) is 8.78 Å². The third-order valence-corrected chi connectivity index (χ3v) is 4.37. The highest BCUT2D eigenvalue weighted by Gasteiger charge is 2.15. The van der Waals surface area contributed by atoms with Gasteiger partial charge in [-0.15, -0.1) is 11.3 Å². The van der Waals surface area contributed by atoms with Gasteiger partial charge in [0.1, 0.15) is 11.6 Å². The van der Waals surface area contributed by atoms with Crippen molar-refractivity contribution >= 4 is 27.3 Å². The summed E-state index contributed by atoms with van der Waals surface area (Å²) in [5.41, 5.74) is 6.76. The maximum absolute atomic E-state index is 13.7. The molecule has 1 heterocycles. The summed E-state index contributed by atoms with van der Waals surface area (Å²) in [4.78, 5) is 1.07. The third kappa shape index (κ3) is 2.96. The normalized spacial score (nSPS) is 12.7. The summed E-state index contributed by atoms with van der Waals surface area (Å²) in [6.45, 7) is 1.60. The lowest BCUT2D eigenvalue weighted by molar-refractivity contribution is 0.550. The first-order valence-corrected chi connectivity index (χ1v) is 7.03. The molecule has 0 amide bonds. The number of thiophene rings is 1. The molecule has 2 aromatic rings. The highest BCUT2D eigenvalue weighted by Crippen LogP contribution is 2.27. The Balaban J connectivity index is 2.23. The van der Waals surface area contributed by atoms with Crippen LogP contribution in [0.3, 0.4) is 0 Å². The minimum atomic E-state index is -0.582. The lowest BCUT2D eigenvalue weighted by atomic mass is 10.0. The molecule has 0 bridgehead atoms. The van der Waals surface area contributed by atoms with E-state index >= 15 is 0 Å².